The standard InChI is InChI=1S/C18H14ClN3O/c1-13-16(9-10-17(23)14-6-5-11-20-12-14)18(19)22(21-13)15-7-3-2-4-8-15/h2-12H,1H3/b10-9+. The Bertz CT molecular complexity index is 855. The van der Waals surface area contributed by atoms with Gasteiger partial charge < -0.3 is 0 Å². The minimum atomic E-state index is -0.124. The Morgan fingerprint density at radius 2 is 1.96 bits per heavy atom. The van der Waals surface area contributed by atoms with Gasteiger partial charge in [0.1, 0.15) is 5.15 Å². The van der Waals surface area contributed by atoms with Crippen molar-refractivity contribution in [2.24, 2.45) is 0 Å². The fourth-order valence-corrected chi connectivity index (χ4v) is 2.54. The zero-order chi connectivity index (χ0) is 16.2. The van der Waals surface area contributed by atoms with Gasteiger partial charge in [-0.2, -0.15) is 5.10 Å². The van der Waals surface area contributed by atoms with Crippen LogP contribution in [0.2, 0.25) is 5.15 Å². The van der Waals surface area contributed by atoms with Gasteiger partial charge in [-0.05, 0) is 43.3 Å². The lowest BCUT2D eigenvalue weighted by Crippen LogP contribution is -1.96. The van der Waals surface area contributed by atoms with Crippen LogP contribution in [0.5, 0.6) is 0 Å². The number of aryl methyl sites for hydroxylation is 1. The van der Waals surface area contributed by atoms with E-state index in [2.05, 4.69) is 10.1 Å². The van der Waals surface area contributed by atoms with Crippen molar-refractivity contribution in [3.8, 4) is 5.69 Å². The topological polar surface area (TPSA) is 47.8 Å². The number of halogens is 1. The van der Waals surface area contributed by atoms with E-state index >= 15 is 0 Å². The van der Waals surface area contributed by atoms with Crippen molar-refractivity contribution in [1.29, 1.82) is 0 Å². The molecule has 0 unspecified atom stereocenters. The number of rotatable bonds is 4. The van der Waals surface area contributed by atoms with E-state index in [1.54, 1.807) is 29.1 Å². The molecule has 23 heavy (non-hydrogen) atoms. The molecule has 2 aromatic heterocycles. The van der Waals surface area contributed by atoms with E-state index in [0.717, 1.165) is 16.9 Å². The molecule has 0 saturated carbocycles. The third-order valence-corrected chi connectivity index (χ3v) is 3.76. The quantitative estimate of drug-likeness (QED) is 0.536. The van der Waals surface area contributed by atoms with Gasteiger partial charge >= 0.3 is 0 Å². The van der Waals surface area contributed by atoms with Gasteiger partial charge in [-0.1, -0.05) is 29.8 Å². The molecule has 2 heterocycles. The summed E-state index contributed by atoms with van der Waals surface area (Å²) in [5.41, 5.74) is 2.90. The van der Waals surface area contributed by atoms with Crippen LogP contribution in [0.1, 0.15) is 21.6 Å². The summed E-state index contributed by atoms with van der Waals surface area (Å²) in [7, 11) is 0. The fourth-order valence-electron chi connectivity index (χ4n) is 2.20. The summed E-state index contributed by atoms with van der Waals surface area (Å²) in [6, 6.07) is 13.1. The lowest BCUT2D eigenvalue weighted by molar-refractivity contribution is 0.104. The van der Waals surface area contributed by atoms with Crippen LogP contribution < -0.4 is 0 Å². The van der Waals surface area contributed by atoms with E-state index in [9.17, 15) is 4.79 Å². The molecule has 0 saturated heterocycles. The second-order valence-corrected chi connectivity index (χ2v) is 5.33. The summed E-state index contributed by atoms with van der Waals surface area (Å²) < 4.78 is 1.66. The highest BCUT2D eigenvalue weighted by Crippen LogP contribution is 2.24. The summed E-state index contributed by atoms with van der Waals surface area (Å²) in [5.74, 6) is -0.124. The Balaban J connectivity index is 1.91. The zero-order valence-corrected chi connectivity index (χ0v) is 13.2. The third-order valence-electron chi connectivity index (χ3n) is 3.40. The normalized spacial score (nSPS) is 11.0. The van der Waals surface area contributed by atoms with Gasteiger partial charge in [0.15, 0.2) is 5.78 Å². The monoisotopic (exact) mass is 323 g/mol. The van der Waals surface area contributed by atoms with Crippen molar-refractivity contribution in [2.45, 2.75) is 6.92 Å². The van der Waals surface area contributed by atoms with Crippen molar-refractivity contribution in [3.63, 3.8) is 0 Å². The van der Waals surface area contributed by atoms with E-state index in [0.29, 0.717) is 10.7 Å². The molecule has 5 heteroatoms. The number of para-hydroxylation sites is 1. The highest BCUT2D eigenvalue weighted by atomic mass is 35.5. The average Bonchev–Trinajstić information content (AvgIpc) is 2.88. The van der Waals surface area contributed by atoms with E-state index in [-0.39, 0.29) is 5.78 Å². The molecule has 114 valence electrons. The third kappa shape index (κ3) is 3.22. The van der Waals surface area contributed by atoms with Crippen LogP contribution in [-0.4, -0.2) is 20.5 Å². The molecule has 3 rings (SSSR count). The van der Waals surface area contributed by atoms with Gasteiger partial charge in [0.25, 0.3) is 0 Å². The van der Waals surface area contributed by atoms with Crippen molar-refractivity contribution in [1.82, 2.24) is 14.8 Å². The molecular weight excluding hydrogens is 310 g/mol. The number of benzene rings is 1. The molecule has 0 radical (unpaired) electrons. The largest absolute Gasteiger partial charge is 0.289 e. The van der Waals surface area contributed by atoms with Crippen LogP contribution in [-0.2, 0) is 0 Å². The van der Waals surface area contributed by atoms with Gasteiger partial charge in [0.05, 0.1) is 11.4 Å². The van der Waals surface area contributed by atoms with Crippen molar-refractivity contribution >= 4 is 23.5 Å². The summed E-state index contributed by atoms with van der Waals surface area (Å²) in [5, 5.41) is 4.92. The van der Waals surface area contributed by atoms with E-state index in [1.165, 1.54) is 12.3 Å². The predicted molar refractivity (Wildman–Crippen MR) is 90.9 cm³/mol. The Morgan fingerprint density at radius 1 is 1.17 bits per heavy atom. The number of allylic oxidation sites excluding steroid dienone is 1. The maximum absolute atomic E-state index is 12.1. The predicted octanol–water partition coefficient (Wildman–Crippen LogP) is 4.13. The number of carbonyl (C=O) groups is 1. The summed E-state index contributed by atoms with van der Waals surface area (Å²) >= 11 is 6.42. The van der Waals surface area contributed by atoms with E-state index in [1.807, 2.05) is 37.3 Å². The lowest BCUT2D eigenvalue weighted by atomic mass is 10.1. The first-order valence-corrected chi connectivity index (χ1v) is 7.47. The van der Waals surface area contributed by atoms with Crippen LogP contribution >= 0.6 is 11.6 Å². The number of ketones is 1. The Kier molecular flexibility index (Phi) is 4.35. The zero-order valence-electron chi connectivity index (χ0n) is 12.5. The van der Waals surface area contributed by atoms with Gasteiger partial charge in [-0.25, -0.2) is 4.68 Å². The second-order valence-electron chi connectivity index (χ2n) is 4.98. The molecule has 0 bridgehead atoms. The minimum absolute atomic E-state index is 0.124. The van der Waals surface area contributed by atoms with E-state index < -0.39 is 0 Å². The number of pyridine rings is 1. The lowest BCUT2D eigenvalue weighted by Gasteiger charge is -2.01. The first-order chi connectivity index (χ1) is 11.2. The van der Waals surface area contributed by atoms with Crippen molar-refractivity contribution in [2.75, 3.05) is 0 Å². The maximum Gasteiger partial charge on any atom is 0.187 e. The second kappa shape index (κ2) is 6.58. The SMILES string of the molecule is Cc1nn(-c2ccccc2)c(Cl)c1/C=C/C(=O)c1cccnc1. The highest BCUT2D eigenvalue weighted by Gasteiger charge is 2.12. The molecule has 1 aromatic carbocycles. The van der Waals surface area contributed by atoms with Crippen LogP contribution in [0.25, 0.3) is 11.8 Å². The Labute approximate surface area is 139 Å². The molecule has 0 aliphatic carbocycles. The minimum Gasteiger partial charge on any atom is -0.289 e. The molecule has 0 amide bonds. The fraction of sp³-hybridized carbons (Fsp3) is 0.0556. The van der Waals surface area contributed by atoms with E-state index in [4.69, 9.17) is 11.6 Å². The summed E-state index contributed by atoms with van der Waals surface area (Å²) in [4.78, 5) is 16.1. The number of carbonyl (C=O) groups excluding carboxylic acids is 1. The molecule has 4 nitrogen and oxygen atoms in total. The molecule has 3 aromatic rings. The van der Waals surface area contributed by atoms with Crippen LogP contribution in [0.3, 0.4) is 0 Å². The van der Waals surface area contributed by atoms with Gasteiger partial charge in [0.2, 0.25) is 0 Å². The van der Waals surface area contributed by atoms with Crippen LogP contribution in [0.4, 0.5) is 0 Å². The molecule has 0 atom stereocenters. The van der Waals surface area contributed by atoms with Crippen molar-refractivity contribution in [3.05, 3.63) is 82.9 Å². The first kappa shape index (κ1) is 15.2. The Morgan fingerprint density at radius 3 is 2.65 bits per heavy atom. The van der Waals surface area contributed by atoms with Gasteiger partial charge in [0, 0.05) is 23.5 Å². The molecular formula is C18H14ClN3O. The molecule has 0 aliphatic rings. The Hall–Kier alpha value is -2.72. The molecule has 0 fully saturated rings. The number of hydrogen-bond acceptors (Lipinski definition) is 3. The van der Waals surface area contributed by atoms with Crippen molar-refractivity contribution < 1.29 is 4.79 Å². The van der Waals surface area contributed by atoms with Crippen LogP contribution in [0, 0.1) is 6.92 Å². The first-order valence-electron chi connectivity index (χ1n) is 7.10. The van der Waals surface area contributed by atoms with Gasteiger partial charge in [-0.15, -0.1) is 0 Å². The maximum atomic E-state index is 12.1. The number of nitrogens with zero attached hydrogens (tertiary/aromatic N) is 3. The molecule has 0 N–H and O–H groups in total. The summed E-state index contributed by atoms with van der Waals surface area (Å²) in [6.45, 7) is 1.86. The van der Waals surface area contributed by atoms with Gasteiger partial charge in [-0.3, -0.25) is 9.78 Å². The van der Waals surface area contributed by atoms with Crippen LogP contribution in [0.15, 0.2) is 60.9 Å². The number of hydrogen-bond donors (Lipinski definition) is 0. The number of aromatic nitrogens is 3. The average molecular weight is 324 g/mol. The highest BCUT2D eigenvalue weighted by molar-refractivity contribution is 6.31. The molecule has 0 aliphatic heterocycles. The summed E-state index contributed by atoms with van der Waals surface area (Å²) in [6.07, 6.45) is 6.35. The smallest absolute Gasteiger partial charge is 0.187 e. The molecule has 0 spiro atoms.